The lowest BCUT2D eigenvalue weighted by Gasteiger charge is -2.09. The van der Waals surface area contributed by atoms with Crippen LogP contribution in [-0.4, -0.2) is 33.5 Å². The number of hydrogen-bond donors (Lipinski definition) is 1. The first kappa shape index (κ1) is 16.5. The molecule has 0 heterocycles. The zero-order chi connectivity index (χ0) is 16.8. The molecule has 1 N–H and O–H groups in total. The van der Waals surface area contributed by atoms with E-state index in [2.05, 4.69) is 0 Å². The molecule has 0 bridgehead atoms. The van der Waals surface area contributed by atoms with Crippen LogP contribution in [0.25, 0.3) is 12.2 Å². The first-order valence-electron chi connectivity index (χ1n) is 6.97. The minimum atomic E-state index is -0.0183. The Morgan fingerprint density at radius 2 is 1.09 bits per heavy atom. The summed E-state index contributed by atoms with van der Waals surface area (Å²) in [7, 11) is 6.21. The summed E-state index contributed by atoms with van der Waals surface area (Å²) in [5.74, 6) is 2.12. The van der Waals surface area contributed by atoms with Crippen LogP contribution < -0.4 is 18.9 Å². The Morgan fingerprint density at radius 1 is 0.652 bits per heavy atom. The summed E-state index contributed by atoms with van der Waals surface area (Å²) in [5, 5.41) is 9.93. The lowest BCUT2D eigenvalue weighted by atomic mass is 10.1. The molecule has 0 unspecified atom stereocenters. The van der Waals surface area contributed by atoms with Crippen LogP contribution in [0.4, 0.5) is 0 Å². The van der Waals surface area contributed by atoms with Crippen molar-refractivity contribution in [3.8, 4) is 28.7 Å². The second-order valence-corrected chi connectivity index (χ2v) is 4.75. The third-order valence-electron chi connectivity index (χ3n) is 3.34. The van der Waals surface area contributed by atoms with Crippen LogP contribution in [0.15, 0.2) is 30.3 Å². The predicted octanol–water partition coefficient (Wildman–Crippen LogP) is 3.60. The predicted molar refractivity (Wildman–Crippen MR) is 89.7 cm³/mol. The Morgan fingerprint density at radius 3 is 1.48 bits per heavy atom. The zero-order valence-corrected chi connectivity index (χ0v) is 13.6. The first-order valence-corrected chi connectivity index (χ1v) is 6.97. The van der Waals surface area contributed by atoms with Gasteiger partial charge in [0.25, 0.3) is 0 Å². The highest BCUT2D eigenvalue weighted by Gasteiger charge is 2.09. The van der Waals surface area contributed by atoms with E-state index in [9.17, 15) is 5.11 Å². The van der Waals surface area contributed by atoms with Crippen LogP contribution >= 0.6 is 0 Å². The van der Waals surface area contributed by atoms with Gasteiger partial charge in [-0.2, -0.15) is 0 Å². The summed E-state index contributed by atoms with van der Waals surface area (Å²) >= 11 is 0. The van der Waals surface area contributed by atoms with Crippen molar-refractivity contribution in [3.63, 3.8) is 0 Å². The number of aromatic hydroxyl groups is 1. The van der Waals surface area contributed by atoms with E-state index in [1.807, 2.05) is 30.4 Å². The molecule has 122 valence electrons. The first-order chi connectivity index (χ1) is 11.1. The maximum atomic E-state index is 9.93. The summed E-state index contributed by atoms with van der Waals surface area (Å²) in [6, 6.07) is 9.06. The summed E-state index contributed by atoms with van der Waals surface area (Å²) in [4.78, 5) is 0. The number of benzene rings is 2. The van der Waals surface area contributed by atoms with E-state index in [1.54, 1.807) is 26.4 Å². The van der Waals surface area contributed by atoms with Gasteiger partial charge in [0.2, 0.25) is 5.75 Å². The van der Waals surface area contributed by atoms with Crippen molar-refractivity contribution in [2.24, 2.45) is 0 Å². The minimum absolute atomic E-state index is 0.0183. The lowest BCUT2D eigenvalue weighted by molar-refractivity contribution is 0.340. The summed E-state index contributed by atoms with van der Waals surface area (Å²) < 4.78 is 20.8. The normalized spacial score (nSPS) is 10.6. The molecular formula is C18H20O5. The van der Waals surface area contributed by atoms with Gasteiger partial charge in [-0.05, 0) is 35.4 Å². The van der Waals surface area contributed by atoms with Crippen LogP contribution in [0.5, 0.6) is 28.7 Å². The maximum Gasteiger partial charge on any atom is 0.200 e. The van der Waals surface area contributed by atoms with E-state index < -0.39 is 0 Å². The van der Waals surface area contributed by atoms with Gasteiger partial charge in [0.05, 0.1) is 28.4 Å². The fraction of sp³-hybridized carbons (Fsp3) is 0.222. The second-order valence-electron chi connectivity index (χ2n) is 4.75. The molecule has 0 fully saturated rings. The summed E-state index contributed by atoms with van der Waals surface area (Å²) in [5.41, 5.74) is 1.76. The van der Waals surface area contributed by atoms with Crippen LogP contribution in [0, 0.1) is 0 Å². The molecular weight excluding hydrogens is 296 g/mol. The van der Waals surface area contributed by atoms with Gasteiger partial charge in [-0.25, -0.2) is 0 Å². The van der Waals surface area contributed by atoms with E-state index >= 15 is 0 Å². The Balaban J connectivity index is 2.36. The molecule has 0 aliphatic rings. The number of ether oxygens (including phenoxy) is 4. The molecule has 2 aromatic rings. The van der Waals surface area contributed by atoms with E-state index in [1.165, 1.54) is 14.2 Å². The average molecular weight is 316 g/mol. The van der Waals surface area contributed by atoms with E-state index in [0.717, 1.165) is 11.1 Å². The molecule has 0 aliphatic carbocycles. The molecule has 5 nitrogen and oxygen atoms in total. The van der Waals surface area contributed by atoms with E-state index in [-0.39, 0.29) is 5.75 Å². The zero-order valence-electron chi connectivity index (χ0n) is 13.6. The van der Waals surface area contributed by atoms with Gasteiger partial charge in [-0.15, -0.1) is 0 Å². The Bertz CT molecular complexity index is 659. The van der Waals surface area contributed by atoms with Crippen LogP contribution in [0.3, 0.4) is 0 Å². The average Bonchev–Trinajstić information content (AvgIpc) is 2.60. The lowest BCUT2D eigenvalue weighted by Crippen LogP contribution is -1.90. The molecule has 5 heteroatoms. The fourth-order valence-corrected chi connectivity index (χ4v) is 2.13. The molecule has 2 aromatic carbocycles. The monoisotopic (exact) mass is 316 g/mol. The van der Waals surface area contributed by atoms with Crippen molar-refractivity contribution in [1.29, 1.82) is 0 Å². The third kappa shape index (κ3) is 3.88. The van der Waals surface area contributed by atoms with Crippen molar-refractivity contribution < 1.29 is 24.1 Å². The third-order valence-corrected chi connectivity index (χ3v) is 3.34. The highest BCUT2D eigenvalue weighted by Crippen LogP contribution is 2.37. The van der Waals surface area contributed by atoms with Crippen molar-refractivity contribution in [2.45, 2.75) is 0 Å². The second kappa shape index (κ2) is 7.45. The summed E-state index contributed by atoms with van der Waals surface area (Å²) in [6.45, 7) is 0. The standard InChI is InChI=1S/C18H20O5/c1-20-14-7-12(8-15(11-14)21-2)5-6-13-9-16(22-3)18(19)17(10-13)23-4/h5-11,19H,1-4H3/b6-5+. The van der Waals surface area contributed by atoms with Crippen molar-refractivity contribution in [1.82, 2.24) is 0 Å². The molecule has 2 rings (SSSR count). The topological polar surface area (TPSA) is 57.2 Å². The fourth-order valence-electron chi connectivity index (χ4n) is 2.13. The SMILES string of the molecule is COc1cc(/C=C/c2cc(OC)c(O)c(OC)c2)cc(OC)c1. The quantitative estimate of drug-likeness (QED) is 0.825. The van der Waals surface area contributed by atoms with Gasteiger partial charge in [0, 0.05) is 6.07 Å². The van der Waals surface area contributed by atoms with Crippen LogP contribution in [-0.2, 0) is 0 Å². The molecule has 0 amide bonds. The smallest absolute Gasteiger partial charge is 0.200 e. The van der Waals surface area contributed by atoms with Crippen LogP contribution in [0.2, 0.25) is 0 Å². The van der Waals surface area contributed by atoms with Gasteiger partial charge in [0.15, 0.2) is 11.5 Å². The molecule has 0 saturated carbocycles. The van der Waals surface area contributed by atoms with Crippen LogP contribution in [0.1, 0.15) is 11.1 Å². The Kier molecular flexibility index (Phi) is 5.36. The Hall–Kier alpha value is -2.82. The van der Waals surface area contributed by atoms with E-state index in [4.69, 9.17) is 18.9 Å². The molecule has 0 radical (unpaired) electrons. The molecule has 0 aliphatic heterocycles. The van der Waals surface area contributed by atoms with Gasteiger partial charge in [0.1, 0.15) is 11.5 Å². The van der Waals surface area contributed by atoms with Gasteiger partial charge >= 0.3 is 0 Å². The van der Waals surface area contributed by atoms with Gasteiger partial charge in [-0.1, -0.05) is 12.2 Å². The molecule has 0 saturated heterocycles. The number of methoxy groups -OCH3 is 4. The number of phenolic OH excluding ortho intramolecular Hbond substituents is 1. The van der Waals surface area contributed by atoms with Gasteiger partial charge in [-0.3, -0.25) is 0 Å². The highest BCUT2D eigenvalue weighted by molar-refractivity contribution is 5.73. The number of rotatable bonds is 6. The van der Waals surface area contributed by atoms with Gasteiger partial charge < -0.3 is 24.1 Å². The molecule has 0 atom stereocenters. The van der Waals surface area contributed by atoms with Crippen molar-refractivity contribution in [3.05, 3.63) is 41.5 Å². The molecule has 0 aromatic heterocycles. The van der Waals surface area contributed by atoms with E-state index in [0.29, 0.717) is 23.0 Å². The number of hydrogen-bond acceptors (Lipinski definition) is 5. The highest BCUT2D eigenvalue weighted by atomic mass is 16.5. The summed E-state index contributed by atoms with van der Waals surface area (Å²) in [6.07, 6.45) is 3.80. The minimum Gasteiger partial charge on any atom is -0.502 e. The van der Waals surface area contributed by atoms with Crippen molar-refractivity contribution in [2.75, 3.05) is 28.4 Å². The Labute approximate surface area is 135 Å². The molecule has 23 heavy (non-hydrogen) atoms. The number of phenols is 1. The van der Waals surface area contributed by atoms with Crippen molar-refractivity contribution >= 4 is 12.2 Å². The largest absolute Gasteiger partial charge is 0.502 e. The molecule has 0 spiro atoms. The maximum absolute atomic E-state index is 9.93.